The van der Waals surface area contributed by atoms with Crippen LogP contribution in [0.15, 0.2) is 41.3 Å². The van der Waals surface area contributed by atoms with Crippen molar-refractivity contribution in [1.82, 2.24) is 9.58 Å². The third-order valence-corrected chi connectivity index (χ3v) is 6.35. The average molecular weight is 435 g/mol. The van der Waals surface area contributed by atoms with Crippen molar-refractivity contribution in [3.05, 3.63) is 63.6 Å². The smallest absolute Gasteiger partial charge is 0.389 e. The van der Waals surface area contributed by atoms with E-state index in [0.717, 1.165) is 17.2 Å². The fraction of sp³-hybridized carbons (Fsp3) is 0.455. The molecular weight excluding hydrogens is 411 g/mol. The molecule has 3 atom stereocenters. The van der Waals surface area contributed by atoms with Crippen LogP contribution in [-0.4, -0.2) is 40.0 Å². The minimum absolute atomic E-state index is 0.224. The number of halogens is 3. The Labute approximate surface area is 177 Å². The topological polar surface area (TPSA) is 65.8 Å². The molecule has 0 bridgehead atoms. The van der Waals surface area contributed by atoms with Gasteiger partial charge in [0.2, 0.25) is 5.43 Å². The summed E-state index contributed by atoms with van der Waals surface area (Å²) in [6.45, 7) is 1.94. The van der Waals surface area contributed by atoms with Crippen molar-refractivity contribution in [1.29, 1.82) is 0 Å². The number of benzene rings is 1. The highest BCUT2D eigenvalue weighted by Crippen LogP contribution is 2.46. The summed E-state index contributed by atoms with van der Waals surface area (Å²) in [5.41, 5.74) is 0.751. The lowest BCUT2D eigenvalue weighted by molar-refractivity contribution is -0.149. The summed E-state index contributed by atoms with van der Waals surface area (Å²) in [5.74, 6) is -1.98. The number of alkyl halides is 3. The Balaban J connectivity index is 1.95. The Kier molecular flexibility index (Phi) is 5.23. The van der Waals surface area contributed by atoms with Crippen molar-refractivity contribution in [2.45, 2.75) is 51.0 Å². The first kappa shape index (κ1) is 21.3. The Morgan fingerprint density at radius 1 is 1.13 bits per heavy atom. The van der Waals surface area contributed by atoms with Crippen molar-refractivity contribution in [3.63, 3.8) is 0 Å². The van der Waals surface area contributed by atoms with Gasteiger partial charge >= 0.3 is 6.18 Å². The summed E-state index contributed by atoms with van der Waals surface area (Å²) in [6, 6.07) is 7.81. The van der Waals surface area contributed by atoms with Crippen molar-refractivity contribution >= 4 is 5.91 Å². The standard InChI is InChI=1S/C22H24F3N3O3/c1-3-13-6-4-5-7-15(13)18-14(12-22(23,24)25)8-9-17-26(2)21(31)19-20(30)16(29)10-11-27(19)28(17)18/h4-7,10-11,14,17-18,30H,3,8-9,12H2,1-2H3. The quantitative estimate of drug-likeness (QED) is 0.801. The molecule has 1 aromatic heterocycles. The van der Waals surface area contributed by atoms with Crippen LogP contribution in [0.25, 0.3) is 0 Å². The van der Waals surface area contributed by atoms with E-state index in [9.17, 15) is 27.9 Å². The molecular formula is C22H24F3N3O3. The number of amides is 1. The van der Waals surface area contributed by atoms with Gasteiger partial charge in [-0.15, -0.1) is 0 Å². The van der Waals surface area contributed by atoms with E-state index in [0.29, 0.717) is 19.3 Å². The van der Waals surface area contributed by atoms with E-state index in [1.54, 1.807) is 18.1 Å². The van der Waals surface area contributed by atoms with Gasteiger partial charge in [-0.3, -0.25) is 19.3 Å². The van der Waals surface area contributed by atoms with E-state index in [-0.39, 0.29) is 5.69 Å². The third-order valence-electron chi connectivity index (χ3n) is 6.35. The molecule has 6 nitrogen and oxygen atoms in total. The minimum atomic E-state index is -4.34. The van der Waals surface area contributed by atoms with Gasteiger partial charge in [0.25, 0.3) is 5.91 Å². The number of aryl methyl sites for hydroxylation is 1. The van der Waals surface area contributed by atoms with Crippen LogP contribution in [0.5, 0.6) is 5.75 Å². The number of aromatic nitrogens is 1. The number of hydrogen-bond acceptors (Lipinski definition) is 4. The number of nitrogens with zero attached hydrogens (tertiary/aromatic N) is 3. The van der Waals surface area contributed by atoms with Gasteiger partial charge in [-0.1, -0.05) is 31.2 Å². The van der Waals surface area contributed by atoms with Gasteiger partial charge < -0.3 is 10.0 Å². The first-order chi connectivity index (χ1) is 14.6. The molecule has 1 amide bonds. The zero-order chi connectivity index (χ0) is 22.5. The van der Waals surface area contributed by atoms with Gasteiger partial charge in [0, 0.05) is 25.7 Å². The van der Waals surface area contributed by atoms with E-state index in [1.165, 1.54) is 15.8 Å². The molecule has 0 aliphatic carbocycles. The number of aromatic hydroxyl groups is 1. The van der Waals surface area contributed by atoms with Crippen LogP contribution < -0.4 is 10.4 Å². The van der Waals surface area contributed by atoms with Crippen molar-refractivity contribution < 1.29 is 23.1 Å². The van der Waals surface area contributed by atoms with Gasteiger partial charge in [0.1, 0.15) is 6.17 Å². The van der Waals surface area contributed by atoms with E-state index < -0.39 is 47.8 Å². The van der Waals surface area contributed by atoms with Gasteiger partial charge in [-0.05, 0) is 36.3 Å². The lowest BCUT2D eigenvalue weighted by atomic mass is 9.80. The minimum Gasteiger partial charge on any atom is -0.502 e. The lowest BCUT2D eigenvalue weighted by Gasteiger charge is -2.54. The number of rotatable bonds is 3. The van der Waals surface area contributed by atoms with Gasteiger partial charge in [0.15, 0.2) is 11.4 Å². The Morgan fingerprint density at radius 3 is 2.52 bits per heavy atom. The van der Waals surface area contributed by atoms with Crippen molar-refractivity contribution in [3.8, 4) is 5.75 Å². The molecule has 0 radical (unpaired) electrons. The number of fused-ring (bicyclic) bond motifs is 3. The summed E-state index contributed by atoms with van der Waals surface area (Å²) in [4.78, 5) is 26.3. The lowest BCUT2D eigenvalue weighted by Crippen LogP contribution is -2.64. The molecule has 2 aliphatic heterocycles. The molecule has 1 fully saturated rings. The molecule has 1 N–H and O–H groups in total. The van der Waals surface area contributed by atoms with Crippen LogP contribution in [-0.2, 0) is 6.42 Å². The first-order valence-corrected chi connectivity index (χ1v) is 10.3. The summed E-state index contributed by atoms with van der Waals surface area (Å²) < 4.78 is 41.9. The summed E-state index contributed by atoms with van der Waals surface area (Å²) in [6.07, 6.45) is -3.15. The maximum absolute atomic E-state index is 13.5. The fourth-order valence-corrected chi connectivity index (χ4v) is 4.97. The second-order valence-electron chi connectivity index (χ2n) is 8.15. The molecule has 166 valence electrons. The molecule has 2 aromatic rings. The van der Waals surface area contributed by atoms with E-state index >= 15 is 0 Å². The first-order valence-electron chi connectivity index (χ1n) is 10.3. The maximum Gasteiger partial charge on any atom is 0.389 e. The zero-order valence-electron chi connectivity index (χ0n) is 17.3. The van der Waals surface area contributed by atoms with E-state index in [1.807, 2.05) is 25.1 Å². The normalized spacial score (nSPS) is 23.5. The molecule has 0 spiro atoms. The molecule has 1 saturated heterocycles. The molecule has 3 unspecified atom stereocenters. The van der Waals surface area contributed by atoms with Crippen LogP contribution in [0.2, 0.25) is 0 Å². The highest BCUT2D eigenvalue weighted by Gasteiger charge is 2.49. The molecule has 9 heteroatoms. The van der Waals surface area contributed by atoms with Crippen LogP contribution in [0.3, 0.4) is 0 Å². The Morgan fingerprint density at radius 2 is 1.84 bits per heavy atom. The zero-order valence-corrected chi connectivity index (χ0v) is 17.3. The van der Waals surface area contributed by atoms with Crippen molar-refractivity contribution in [2.75, 3.05) is 12.1 Å². The van der Waals surface area contributed by atoms with Crippen LogP contribution >= 0.6 is 0 Å². The third kappa shape index (κ3) is 3.55. The highest BCUT2D eigenvalue weighted by atomic mass is 19.4. The summed E-state index contributed by atoms with van der Waals surface area (Å²) >= 11 is 0. The molecule has 3 heterocycles. The highest BCUT2D eigenvalue weighted by molar-refractivity contribution is 5.96. The van der Waals surface area contributed by atoms with Gasteiger partial charge in [-0.25, -0.2) is 0 Å². The monoisotopic (exact) mass is 435 g/mol. The van der Waals surface area contributed by atoms with E-state index in [4.69, 9.17) is 0 Å². The predicted octanol–water partition coefficient (Wildman–Crippen LogP) is 3.57. The van der Waals surface area contributed by atoms with Gasteiger partial charge in [0.05, 0.1) is 6.04 Å². The van der Waals surface area contributed by atoms with E-state index in [2.05, 4.69) is 0 Å². The Hall–Kier alpha value is -2.97. The molecule has 2 aliphatic rings. The summed E-state index contributed by atoms with van der Waals surface area (Å²) in [5, 5.41) is 12.1. The summed E-state index contributed by atoms with van der Waals surface area (Å²) in [7, 11) is 1.55. The van der Waals surface area contributed by atoms with Crippen LogP contribution in [0.4, 0.5) is 13.2 Å². The SMILES string of the molecule is CCc1ccccc1C1C(CC(F)(F)F)CCC2N(C)C(=O)c3c(O)c(=O)ccn3N12. The van der Waals surface area contributed by atoms with Crippen LogP contribution in [0.1, 0.15) is 53.8 Å². The molecule has 31 heavy (non-hydrogen) atoms. The number of hydrogen-bond donors (Lipinski definition) is 1. The largest absolute Gasteiger partial charge is 0.502 e. The predicted molar refractivity (Wildman–Crippen MR) is 108 cm³/mol. The number of carbonyl (C=O) groups is 1. The number of piperidine rings is 1. The number of carbonyl (C=O) groups excluding carboxylic acids is 1. The maximum atomic E-state index is 13.5. The second-order valence-corrected chi connectivity index (χ2v) is 8.15. The average Bonchev–Trinajstić information content (AvgIpc) is 2.72. The number of pyridine rings is 1. The van der Waals surface area contributed by atoms with Gasteiger partial charge in [-0.2, -0.15) is 13.2 Å². The van der Waals surface area contributed by atoms with Crippen LogP contribution in [0, 0.1) is 5.92 Å². The Bertz CT molecular complexity index is 1070. The second kappa shape index (κ2) is 7.62. The fourth-order valence-electron chi connectivity index (χ4n) is 4.97. The molecule has 4 rings (SSSR count). The van der Waals surface area contributed by atoms with Crippen molar-refractivity contribution in [2.24, 2.45) is 5.92 Å². The molecule has 1 aromatic carbocycles. The molecule has 0 saturated carbocycles.